The molecule has 6 nitrogen and oxygen atoms in total. The number of benzene rings is 2. The Morgan fingerprint density at radius 2 is 1.64 bits per heavy atom. The average molecular weight is 447 g/mol. The van der Waals surface area contributed by atoms with Crippen LogP contribution >= 0.6 is 0 Å². The molecule has 2 saturated heterocycles. The molecule has 2 aliphatic heterocycles. The van der Waals surface area contributed by atoms with Gasteiger partial charge in [0.1, 0.15) is 11.7 Å². The molecule has 2 heterocycles. The number of hydrogen-bond donors (Lipinski definition) is 1. The first-order valence-electron chi connectivity index (χ1n) is 12.2. The van der Waals surface area contributed by atoms with E-state index in [9.17, 15) is 9.59 Å². The maximum Gasteiger partial charge on any atom is 0.314 e. The van der Waals surface area contributed by atoms with Crippen LogP contribution in [-0.4, -0.2) is 58.9 Å². The van der Waals surface area contributed by atoms with E-state index in [2.05, 4.69) is 65.4 Å². The van der Waals surface area contributed by atoms with Gasteiger partial charge in [0.25, 0.3) is 0 Å². The van der Waals surface area contributed by atoms with Crippen molar-refractivity contribution >= 4 is 11.9 Å². The largest absolute Gasteiger partial charge is 0.351 e. The minimum atomic E-state index is -0.571. The Morgan fingerprint density at radius 3 is 2.24 bits per heavy atom. The van der Waals surface area contributed by atoms with Crippen molar-refractivity contribution in [3.05, 3.63) is 71.3 Å². The summed E-state index contributed by atoms with van der Waals surface area (Å²) in [7, 11) is 2.08. The molecule has 1 atom stereocenters. The van der Waals surface area contributed by atoms with Crippen molar-refractivity contribution in [3.8, 4) is 0 Å². The lowest BCUT2D eigenvalue weighted by Crippen LogP contribution is -2.56. The lowest BCUT2D eigenvalue weighted by atomic mass is 9.86. The van der Waals surface area contributed by atoms with Crippen LogP contribution in [0.4, 0.5) is 4.79 Å². The summed E-state index contributed by atoms with van der Waals surface area (Å²) in [6.45, 7) is 1.77. The third-order valence-corrected chi connectivity index (χ3v) is 7.89. The van der Waals surface area contributed by atoms with E-state index >= 15 is 0 Å². The minimum Gasteiger partial charge on any atom is -0.351 e. The Balaban J connectivity index is 1.39. The summed E-state index contributed by atoms with van der Waals surface area (Å²) >= 11 is 0. The maximum absolute atomic E-state index is 13.9. The molecule has 33 heavy (non-hydrogen) atoms. The molecule has 2 aromatic carbocycles. The van der Waals surface area contributed by atoms with E-state index in [1.165, 1.54) is 29.5 Å². The number of primary amides is 1. The number of amides is 3. The van der Waals surface area contributed by atoms with Gasteiger partial charge >= 0.3 is 6.03 Å². The summed E-state index contributed by atoms with van der Waals surface area (Å²) in [5.74, 6) is 0.909. The Kier molecular flexibility index (Phi) is 5.87. The fourth-order valence-electron chi connectivity index (χ4n) is 5.72. The zero-order valence-electron chi connectivity index (χ0n) is 19.5. The minimum absolute atomic E-state index is 0.0818. The second kappa shape index (κ2) is 8.82. The molecule has 1 saturated carbocycles. The number of nitrogens with zero attached hydrogens (tertiary/aromatic N) is 3. The number of nitrogens with two attached hydrogens (primary N) is 1. The zero-order chi connectivity index (χ0) is 23.0. The number of carbonyl (C=O) groups excluding carboxylic acids is 2. The first-order valence-corrected chi connectivity index (χ1v) is 12.2. The monoisotopic (exact) mass is 446 g/mol. The van der Waals surface area contributed by atoms with Gasteiger partial charge in [-0.1, -0.05) is 54.6 Å². The molecule has 3 aliphatic rings. The summed E-state index contributed by atoms with van der Waals surface area (Å²) in [5, 5.41) is 0. The van der Waals surface area contributed by atoms with E-state index in [1.54, 1.807) is 4.90 Å². The molecule has 1 spiro atoms. The predicted octanol–water partition coefficient (Wildman–Crippen LogP) is 3.88. The van der Waals surface area contributed by atoms with Crippen LogP contribution in [0, 0.1) is 0 Å². The van der Waals surface area contributed by atoms with Crippen molar-refractivity contribution in [2.45, 2.75) is 56.1 Å². The molecule has 0 bridgehead atoms. The van der Waals surface area contributed by atoms with Gasteiger partial charge < -0.3 is 15.5 Å². The summed E-state index contributed by atoms with van der Waals surface area (Å²) < 4.78 is 0. The topological polar surface area (TPSA) is 69.9 Å². The molecule has 3 amide bonds. The van der Waals surface area contributed by atoms with Gasteiger partial charge in [-0.25, -0.2) is 4.79 Å². The summed E-state index contributed by atoms with van der Waals surface area (Å²) in [6.07, 6.45) is 5.60. The molecular formula is C27H34N4O2. The van der Waals surface area contributed by atoms with Gasteiger partial charge in [-0.15, -0.1) is 0 Å². The van der Waals surface area contributed by atoms with Crippen LogP contribution in [0.3, 0.4) is 0 Å². The van der Waals surface area contributed by atoms with Gasteiger partial charge in [-0.3, -0.25) is 9.69 Å². The third-order valence-electron chi connectivity index (χ3n) is 7.89. The molecule has 5 rings (SSSR count). The van der Waals surface area contributed by atoms with Gasteiger partial charge in [0, 0.05) is 19.6 Å². The lowest BCUT2D eigenvalue weighted by Gasteiger charge is -2.41. The van der Waals surface area contributed by atoms with Gasteiger partial charge in [-0.2, -0.15) is 0 Å². The van der Waals surface area contributed by atoms with Gasteiger partial charge in [0.05, 0.1) is 0 Å². The van der Waals surface area contributed by atoms with Crippen LogP contribution in [0.25, 0.3) is 0 Å². The highest BCUT2D eigenvalue weighted by atomic mass is 16.2. The van der Waals surface area contributed by atoms with Crippen molar-refractivity contribution in [2.24, 2.45) is 5.73 Å². The highest BCUT2D eigenvalue weighted by Gasteiger charge is 2.56. The SMILES string of the molecule is CN1C(c2ccc(C3CC3)cc2)N(CCCc2ccccc2)C(=O)C12CCN(C(N)=O)CC2. The molecule has 0 radical (unpaired) electrons. The first-order chi connectivity index (χ1) is 16.0. The van der Waals surface area contributed by atoms with E-state index in [-0.39, 0.29) is 12.1 Å². The second-order valence-corrected chi connectivity index (χ2v) is 9.87. The fraction of sp³-hybridized carbons (Fsp3) is 0.481. The smallest absolute Gasteiger partial charge is 0.314 e. The number of rotatable bonds is 6. The quantitative estimate of drug-likeness (QED) is 0.732. The average Bonchev–Trinajstić information content (AvgIpc) is 3.67. The van der Waals surface area contributed by atoms with Crippen LogP contribution in [0.2, 0.25) is 0 Å². The van der Waals surface area contributed by atoms with Gasteiger partial charge in [0.2, 0.25) is 5.91 Å². The number of likely N-dealkylation sites (N-methyl/N-ethyl adjacent to an activating group) is 1. The van der Waals surface area contributed by atoms with Gasteiger partial charge in [-0.05, 0) is 68.2 Å². The predicted molar refractivity (Wildman–Crippen MR) is 129 cm³/mol. The van der Waals surface area contributed by atoms with Crippen molar-refractivity contribution in [3.63, 3.8) is 0 Å². The summed E-state index contributed by atoms with van der Waals surface area (Å²) in [6, 6.07) is 19.0. The molecule has 3 fully saturated rings. The van der Waals surface area contributed by atoms with Crippen molar-refractivity contribution in [1.82, 2.24) is 14.7 Å². The molecule has 2 aromatic rings. The fourth-order valence-corrected chi connectivity index (χ4v) is 5.72. The highest BCUT2D eigenvalue weighted by molar-refractivity contribution is 5.89. The van der Waals surface area contributed by atoms with E-state index in [4.69, 9.17) is 5.73 Å². The molecule has 2 N–H and O–H groups in total. The Bertz CT molecular complexity index is 995. The second-order valence-electron chi connectivity index (χ2n) is 9.87. The molecule has 174 valence electrons. The summed E-state index contributed by atoms with van der Waals surface area (Å²) in [5.41, 5.74) is 8.82. The zero-order valence-corrected chi connectivity index (χ0v) is 19.5. The van der Waals surface area contributed by atoms with Crippen LogP contribution in [-0.2, 0) is 11.2 Å². The summed E-state index contributed by atoms with van der Waals surface area (Å²) in [4.78, 5) is 31.6. The van der Waals surface area contributed by atoms with Crippen LogP contribution < -0.4 is 5.73 Å². The Hall–Kier alpha value is -2.86. The Labute approximate surface area is 196 Å². The number of piperidine rings is 1. The standard InChI is InChI=1S/C27H34N4O2/c1-29-24(23-13-11-22(12-14-23)21-9-10-21)31(17-5-8-20-6-3-2-4-7-20)25(32)27(29)15-18-30(19-16-27)26(28)33/h2-4,6-7,11-14,21,24H,5,8-10,15-19H2,1H3,(H2,28,33). The molecule has 0 aromatic heterocycles. The van der Waals surface area contributed by atoms with Crippen LogP contribution in [0.1, 0.15) is 60.9 Å². The number of urea groups is 1. The van der Waals surface area contributed by atoms with E-state index in [0.717, 1.165) is 12.8 Å². The number of hydrogen-bond acceptors (Lipinski definition) is 3. The van der Waals surface area contributed by atoms with Gasteiger partial charge in [0.15, 0.2) is 0 Å². The first kappa shape index (κ1) is 22.0. The third kappa shape index (κ3) is 4.12. The lowest BCUT2D eigenvalue weighted by molar-refractivity contribution is -0.135. The maximum atomic E-state index is 13.9. The van der Waals surface area contributed by atoms with E-state index < -0.39 is 11.6 Å². The van der Waals surface area contributed by atoms with E-state index in [0.29, 0.717) is 38.4 Å². The van der Waals surface area contributed by atoms with Crippen molar-refractivity contribution in [2.75, 3.05) is 26.7 Å². The Morgan fingerprint density at radius 1 is 1.00 bits per heavy atom. The number of likely N-dealkylation sites (tertiary alicyclic amines) is 1. The van der Waals surface area contributed by atoms with Crippen LogP contribution in [0.5, 0.6) is 0 Å². The van der Waals surface area contributed by atoms with E-state index in [1.807, 2.05) is 6.07 Å². The molecular weight excluding hydrogens is 412 g/mol. The molecule has 6 heteroatoms. The van der Waals surface area contributed by atoms with Crippen molar-refractivity contribution in [1.29, 1.82) is 0 Å². The molecule has 1 aliphatic carbocycles. The van der Waals surface area contributed by atoms with Crippen LogP contribution in [0.15, 0.2) is 54.6 Å². The number of aryl methyl sites for hydroxylation is 1. The molecule has 1 unspecified atom stereocenters. The normalized spacial score (nSPS) is 22.8. The number of carbonyl (C=O) groups is 2. The highest BCUT2D eigenvalue weighted by Crippen LogP contribution is 2.46. The van der Waals surface area contributed by atoms with Crippen molar-refractivity contribution < 1.29 is 9.59 Å².